The van der Waals surface area contributed by atoms with Crippen molar-refractivity contribution in [1.82, 2.24) is 14.9 Å². The summed E-state index contributed by atoms with van der Waals surface area (Å²) in [5.74, 6) is 0.809. The van der Waals surface area contributed by atoms with Crippen LogP contribution >= 0.6 is 23.4 Å². The second kappa shape index (κ2) is 6.04. The Morgan fingerprint density at radius 1 is 1.04 bits per heavy atom. The number of hydrogen-bond acceptors (Lipinski definition) is 4. The minimum atomic E-state index is 0.000347. The largest absolute Gasteiger partial charge is 0.304 e. The lowest BCUT2D eigenvalue weighted by Crippen LogP contribution is -2.14. The first-order valence-corrected chi connectivity index (χ1v) is 9.59. The van der Waals surface area contributed by atoms with Crippen molar-refractivity contribution in [3.63, 3.8) is 0 Å². The number of nitrogens with one attached hydrogen (secondary N) is 1. The third-order valence-corrected chi connectivity index (χ3v) is 6.03. The number of thioether (sulfide) groups is 1. The first-order valence-electron chi connectivity index (χ1n) is 8.33. The predicted octanol–water partition coefficient (Wildman–Crippen LogP) is 5.41. The maximum Gasteiger partial charge on any atom is 0.212 e. The summed E-state index contributed by atoms with van der Waals surface area (Å²) in [6.07, 6.45) is 0. The molecule has 0 saturated carbocycles. The van der Waals surface area contributed by atoms with Crippen molar-refractivity contribution in [2.24, 2.45) is 0 Å². The van der Waals surface area contributed by atoms with Gasteiger partial charge in [-0.15, -0.1) is 10.2 Å². The number of hydrogen-bond donors (Lipinski definition) is 1. The molecule has 1 aromatic heterocycles. The molecular weight excluding hydrogens is 364 g/mol. The van der Waals surface area contributed by atoms with E-state index < -0.39 is 0 Å². The number of aromatic nitrogens is 3. The van der Waals surface area contributed by atoms with Gasteiger partial charge in [0.2, 0.25) is 5.16 Å². The zero-order chi connectivity index (χ0) is 17.7. The zero-order valence-corrected chi connectivity index (χ0v) is 15.6. The van der Waals surface area contributed by atoms with Gasteiger partial charge >= 0.3 is 0 Å². The SMILES string of the molecule is Cc1cccc2cc(C3Nn4c(nnc4-c4ccccc4)S3)c(Cl)cc12. The molecule has 5 rings (SSSR count). The molecule has 1 atom stereocenters. The van der Waals surface area contributed by atoms with Crippen molar-refractivity contribution in [2.75, 3.05) is 5.43 Å². The molecule has 4 aromatic rings. The van der Waals surface area contributed by atoms with Gasteiger partial charge in [-0.05, 0) is 35.4 Å². The summed E-state index contributed by atoms with van der Waals surface area (Å²) < 4.78 is 1.95. The molecule has 1 aliphatic rings. The molecule has 6 heteroatoms. The van der Waals surface area contributed by atoms with Crippen molar-refractivity contribution in [3.05, 3.63) is 76.8 Å². The minimum Gasteiger partial charge on any atom is -0.304 e. The van der Waals surface area contributed by atoms with Gasteiger partial charge in [0.25, 0.3) is 0 Å². The molecule has 3 aromatic carbocycles. The Balaban J connectivity index is 1.54. The van der Waals surface area contributed by atoms with Crippen LogP contribution in [0.25, 0.3) is 22.2 Å². The van der Waals surface area contributed by atoms with Gasteiger partial charge in [-0.25, -0.2) is 4.68 Å². The van der Waals surface area contributed by atoms with Crippen molar-refractivity contribution in [3.8, 4) is 11.4 Å². The summed E-state index contributed by atoms with van der Waals surface area (Å²) in [5, 5.41) is 12.6. The lowest BCUT2D eigenvalue weighted by Gasteiger charge is -2.15. The van der Waals surface area contributed by atoms with Crippen LogP contribution in [0.5, 0.6) is 0 Å². The zero-order valence-electron chi connectivity index (χ0n) is 14.0. The van der Waals surface area contributed by atoms with E-state index in [0.29, 0.717) is 0 Å². The molecule has 0 bridgehead atoms. The van der Waals surface area contributed by atoms with Crippen LogP contribution in [0.15, 0.2) is 65.8 Å². The standard InChI is InChI=1S/C20H15ClN4S/c1-12-6-5-9-14-10-16(17(21)11-15(12)14)19-24-25-18(22-23-20(25)26-19)13-7-3-2-4-8-13/h2-11,19,24H,1H3. The first kappa shape index (κ1) is 15.7. The highest BCUT2D eigenvalue weighted by Crippen LogP contribution is 2.43. The van der Waals surface area contributed by atoms with Crippen molar-refractivity contribution >= 4 is 34.1 Å². The Hall–Kier alpha value is -2.50. The molecule has 1 aliphatic heterocycles. The van der Waals surface area contributed by atoms with Crippen molar-refractivity contribution < 1.29 is 0 Å². The van der Waals surface area contributed by atoms with Crippen LogP contribution < -0.4 is 5.43 Å². The maximum atomic E-state index is 6.62. The van der Waals surface area contributed by atoms with E-state index in [0.717, 1.165) is 27.1 Å². The van der Waals surface area contributed by atoms with E-state index in [4.69, 9.17) is 11.6 Å². The minimum absolute atomic E-state index is 0.000347. The molecule has 2 heterocycles. The predicted molar refractivity (Wildman–Crippen MR) is 107 cm³/mol. The van der Waals surface area contributed by atoms with E-state index in [1.165, 1.54) is 16.3 Å². The molecule has 4 nitrogen and oxygen atoms in total. The summed E-state index contributed by atoms with van der Waals surface area (Å²) in [6, 6.07) is 20.6. The Bertz CT molecular complexity index is 1120. The number of halogens is 1. The van der Waals surface area contributed by atoms with E-state index in [1.54, 1.807) is 11.8 Å². The molecule has 0 radical (unpaired) electrons. The normalized spacial score (nSPS) is 15.8. The van der Waals surface area contributed by atoms with Crippen LogP contribution in [0.1, 0.15) is 16.5 Å². The lowest BCUT2D eigenvalue weighted by atomic mass is 10.0. The quantitative estimate of drug-likeness (QED) is 0.506. The fourth-order valence-corrected chi connectivity index (χ4v) is 4.65. The van der Waals surface area contributed by atoms with Gasteiger partial charge in [-0.1, -0.05) is 71.9 Å². The monoisotopic (exact) mass is 378 g/mol. The molecule has 0 amide bonds. The van der Waals surface area contributed by atoms with Gasteiger partial charge in [-0.3, -0.25) is 0 Å². The number of nitrogens with zero attached hydrogens (tertiary/aromatic N) is 3. The first-order chi connectivity index (χ1) is 12.7. The molecule has 0 spiro atoms. The smallest absolute Gasteiger partial charge is 0.212 e. The Kier molecular flexibility index (Phi) is 3.65. The summed E-state index contributed by atoms with van der Waals surface area (Å²) >= 11 is 8.25. The second-order valence-electron chi connectivity index (χ2n) is 6.30. The van der Waals surface area contributed by atoms with Crippen LogP contribution in [0.3, 0.4) is 0 Å². The molecule has 0 saturated heterocycles. The molecule has 26 heavy (non-hydrogen) atoms. The van der Waals surface area contributed by atoms with Crippen LogP contribution in [-0.4, -0.2) is 14.9 Å². The highest BCUT2D eigenvalue weighted by atomic mass is 35.5. The number of aryl methyl sites for hydroxylation is 1. The van der Waals surface area contributed by atoms with Gasteiger partial charge in [0.1, 0.15) is 5.37 Å². The second-order valence-corrected chi connectivity index (χ2v) is 7.78. The summed E-state index contributed by atoms with van der Waals surface area (Å²) in [4.78, 5) is 0. The van der Waals surface area contributed by atoms with Crippen LogP contribution in [0, 0.1) is 6.92 Å². The third-order valence-electron chi connectivity index (χ3n) is 4.63. The average molecular weight is 379 g/mol. The van der Waals surface area contributed by atoms with Crippen LogP contribution in [-0.2, 0) is 0 Å². The van der Waals surface area contributed by atoms with Gasteiger partial charge in [-0.2, -0.15) is 0 Å². The van der Waals surface area contributed by atoms with Gasteiger partial charge in [0.15, 0.2) is 5.82 Å². The Morgan fingerprint density at radius 2 is 1.88 bits per heavy atom. The van der Waals surface area contributed by atoms with Crippen LogP contribution in [0.2, 0.25) is 5.02 Å². The van der Waals surface area contributed by atoms with E-state index in [-0.39, 0.29) is 5.37 Å². The molecule has 0 fully saturated rings. The van der Waals surface area contributed by atoms with E-state index in [2.05, 4.69) is 52.9 Å². The van der Waals surface area contributed by atoms with Crippen molar-refractivity contribution in [2.45, 2.75) is 17.5 Å². The van der Waals surface area contributed by atoms with Gasteiger partial charge < -0.3 is 5.43 Å². The number of fused-ring (bicyclic) bond motifs is 2. The fraction of sp³-hybridized carbons (Fsp3) is 0.100. The Morgan fingerprint density at radius 3 is 2.73 bits per heavy atom. The molecule has 1 unspecified atom stereocenters. The topological polar surface area (TPSA) is 42.7 Å². The molecule has 128 valence electrons. The average Bonchev–Trinajstić information content (AvgIpc) is 3.23. The number of rotatable bonds is 2. The maximum absolute atomic E-state index is 6.62. The fourth-order valence-electron chi connectivity index (χ4n) is 3.29. The van der Waals surface area contributed by atoms with Gasteiger partial charge in [0.05, 0.1) is 0 Å². The van der Waals surface area contributed by atoms with E-state index in [9.17, 15) is 0 Å². The Labute approximate surface area is 160 Å². The van der Waals surface area contributed by atoms with Gasteiger partial charge in [0, 0.05) is 16.1 Å². The van der Waals surface area contributed by atoms with E-state index >= 15 is 0 Å². The summed E-state index contributed by atoms with van der Waals surface area (Å²) in [7, 11) is 0. The molecule has 1 N–H and O–H groups in total. The summed E-state index contributed by atoms with van der Waals surface area (Å²) in [5.41, 5.74) is 6.80. The third kappa shape index (κ3) is 2.47. The summed E-state index contributed by atoms with van der Waals surface area (Å²) in [6.45, 7) is 2.11. The van der Waals surface area contributed by atoms with Crippen molar-refractivity contribution in [1.29, 1.82) is 0 Å². The molecule has 0 aliphatic carbocycles. The van der Waals surface area contributed by atoms with Crippen LogP contribution in [0.4, 0.5) is 0 Å². The highest BCUT2D eigenvalue weighted by molar-refractivity contribution is 7.99. The number of benzene rings is 3. The lowest BCUT2D eigenvalue weighted by molar-refractivity contribution is 0.793. The highest BCUT2D eigenvalue weighted by Gasteiger charge is 2.29. The van der Waals surface area contributed by atoms with E-state index in [1.807, 2.05) is 35.0 Å². The molecular formula is C20H15ClN4S.